The van der Waals surface area contributed by atoms with E-state index in [1.807, 2.05) is 66.7 Å². The summed E-state index contributed by atoms with van der Waals surface area (Å²) in [5.74, 6) is 0.959. The molecule has 0 N–H and O–H groups in total. The van der Waals surface area contributed by atoms with E-state index in [2.05, 4.69) is 9.72 Å². The second-order valence-corrected chi connectivity index (χ2v) is 5.61. The number of esters is 1. The molecule has 1 heterocycles. The number of ether oxygens (including phenoxy) is 2. The van der Waals surface area contributed by atoms with Crippen LogP contribution in [0.5, 0.6) is 5.75 Å². The molecule has 0 fully saturated rings. The molecule has 0 aliphatic rings. The lowest BCUT2D eigenvalue weighted by atomic mass is 10.1. The molecule has 0 unspecified atom stereocenters. The smallest absolute Gasteiger partial charge is 0.309 e. The maximum Gasteiger partial charge on any atom is 0.309 e. The number of oxazole rings is 1. The van der Waals surface area contributed by atoms with Crippen molar-refractivity contribution in [2.24, 2.45) is 0 Å². The summed E-state index contributed by atoms with van der Waals surface area (Å²) in [6.07, 6.45) is 5.59. The summed E-state index contributed by atoms with van der Waals surface area (Å²) >= 11 is 0. The SMILES string of the molecule is COC(=O)Cc1ccc(OCc2coc(C=Cc3ccccc3)n2)cc1. The standard InChI is InChI=1S/C21H19NO4/c1-24-21(23)13-17-7-10-19(11-8-17)25-14-18-15-26-20(22-18)12-9-16-5-3-2-4-6-16/h2-12,15H,13-14H2,1H3. The zero-order valence-electron chi connectivity index (χ0n) is 14.4. The van der Waals surface area contributed by atoms with Crippen LogP contribution in [0.25, 0.3) is 12.2 Å². The van der Waals surface area contributed by atoms with E-state index in [0.717, 1.165) is 11.1 Å². The molecule has 0 amide bonds. The maximum absolute atomic E-state index is 11.2. The topological polar surface area (TPSA) is 61.6 Å². The minimum absolute atomic E-state index is 0.247. The van der Waals surface area contributed by atoms with E-state index >= 15 is 0 Å². The number of hydrogen-bond donors (Lipinski definition) is 0. The summed E-state index contributed by atoms with van der Waals surface area (Å²) in [5, 5.41) is 0. The van der Waals surface area contributed by atoms with Crippen molar-refractivity contribution in [1.29, 1.82) is 0 Å². The highest BCUT2D eigenvalue weighted by molar-refractivity contribution is 5.72. The number of nitrogens with zero attached hydrogens (tertiary/aromatic N) is 1. The Morgan fingerprint density at radius 2 is 1.85 bits per heavy atom. The van der Waals surface area contributed by atoms with Gasteiger partial charge in [-0.05, 0) is 29.3 Å². The van der Waals surface area contributed by atoms with Crippen molar-refractivity contribution in [3.05, 3.63) is 83.6 Å². The van der Waals surface area contributed by atoms with Crippen LogP contribution in [0.3, 0.4) is 0 Å². The van der Waals surface area contributed by atoms with E-state index in [0.29, 0.717) is 23.9 Å². The number of hydrogen-bond acceptors (Lipinski definition) is 5. The highest BCUT2D eigenvalue weighted by Gasteiger charge is 2.05. The summed E-state index contributed by atoms with van der Waals surface area (Å²) in [5.41, 5.74) is 2.66. The van der Waals surface area contributed by atoms with Crippen molar-refractivity contribution in [1.82, 2.24) is 4.98 Å². The first-order chi connectivity index (χ1) is 12.7. The predicted octanol–water partition coefficient (Wildman–Crippen LogP) is 4.14. The van der Waals surface area contributed by atoms with Crippen LogP contribution in [0.4, 0.5) is 0 Å². The van der Waals surface area contributed by atoms with Crippen LogP contribution >= 0.6 is 0 Å². The fourth-order valence-electron chi connectivity index (χ4n) is 2.30. The molecule has 132 valence electrons. The van der Waals surface area contributed by atoms with Crippen molar-refractivity contribution in [2.75, 3.05) is 7.11 Å². The van der Waals surface area contributed by atoms with Gasteiger partial charge in [-0.15, -0.1) is 0 Å². The molecule has 0 saturated heterocycles. The van der Waals surface area contributed by atoms with Gasteiger partial charge in [-0.3, -0.25) is 4.79 Å². The molecule has 0 spiro atoms. The third-order valence-electron chi connectivity index (χ3n) is 3.67. The van der Waals surface area contributed by atoms with E-state index in [1.165, 1.54) is 7.11 Å². The Balaban J connectivity index is 1.53. The molecule has 0 atom stereocenters. The predicted molar refractivity (Wildman–Crippen MR) is 98.4 cm³/mol. The molecule has 0 aliphatic carbocycles. The minimum Gasteiger partial charge on any atom is -0.487 e. The van der Waals surface area contributed by atoms with Gasteiger partial charge in [0.1, 0.15) is 24.3 Å². The van der Waals surface area contributed by atoms with E-state index in [1.54, 1.807) is 6.26 Å². The second-order valence-electron chi connectivity index (χ2n) is 5.61. The van der Waals surface area contributed by atoms with Gasteiger partial charge < -0.3 is 13.9 Å². The Morgan fingerprint density at radius 3 is 2.58 bits per heavy atom. The third-order valence-corrected chi connectivity index (χ3v) is 3.67. The zero-order valence-corrected chi connectivity index (χ0v) is 14.4. The van der Waals surface area contributed by atoms with Crippen LogP contribution in [0.1, 0.15) is 22.7 Å². The molecule has 1 aromatic heterocycles. The van der Waals surface area contributed by atoms with Crippen LogP contribution in [0.2, 0.25) is 0 Å². The average molecular weight is 349 g/mol. The largest absolute Gasteiger partial charge is 0.487 e. The van der Waals surface area contributed by atoms with Crippen molar-refractivity contribution in [2.45, 2.75) is 13.0 Å². The summed E-state index contributed by atoms with van der Waals surface area (Å²) in [6.45, 7) is 0.305. The highest BCUT2D eigenvalue weighted by Crippen LogP contribution is 2.15. The molecular formula is C21H19NO4. The number of benzene rings is 2. The quantitative estimate of drug-likeness (QED) is 0.600. The van der Waals surface area contributed by atoms with Crippen LogP contribution in [-0.2, 0) is 22.6 Å². The average Bonchev–Trinajstić information content (AvgIpc) is 3.14. The Labute approximate surface area is 151 Å². The fourth-order valence-corrected chi connectivity index (χ4v) is 2.30. The van der Waals surface area contributed by atoms with Gasteiger partial charge in [0.05, 0.1) is 13.5 Å². The molecular weight excluding hydrogens is 330 g/mol. The van der Waals surface area contributed by atoms with Gasteiger partial charge in [-0.25, -0.2) is 4.98 Å². The van der Waals surface area contributed by atoms with E-state index < -0.39 is 0 Å². The molecule has 5 heteroatoms. The number of aromatic nitrogens is 1. The number of carbonyl (C=O) groups is 1. The fraction of sp³-hybridized carbons (Fsp3) is 0.143. The van der Waals surface area contributed by atoms with Gasteiger partial charge in [-0.1, -0.05) is 42.5 Å². The van der Waals surface area contributed by atoms with Crippen LogP contribution < -0.4 is 4.74 Å². The van der Waals surface area contributed by atoms with Crippen LogP contribution in [0, 0.1) is 0 Å². The van der Waals surface area contributed by atoms with Crippen molar-refractivity contribution in [3.8, 4) is 5.75 Å². The summed E-state index contributed by atoms with van der Waals surface area (Å²) in [6, 6.07) is 17.2. The van der Waals surface area contributed by atoms with Gasteiger partial charge in [0, 0.05) is 6.08 Å². The van der Waals surface area contributed by atoms with Gasteiger partial charge in [-0.2, -0.15) is 0 Å². The Morgan fingerprint density at radius 1 is 1.08 bits per heavy atom. The van der Waals surface area contributed by atoms with Crippen molar-refractivity contribution in [3.63, 3.8) is 0 Å². The van der Waals surface area contributed by atoms with Gasteiger partial charge in [0.15, 0.2) is 0 Å². The molecule has 0 radical (unpaired) electrons. The normalized spacial score (nSPS) is 10.8. The molecule has 0 saturated carbocycles. The first kappa shape index (κ1) is 17.5. The molecule has 5 nitrogen and oxygen atoms in total. The Bertz CT molecular complexity index is 867. The van der Waals surface area contributed by atoms with Gasteiger partial charge in [0.2, 0.25) is 5.89 Å². The van der Waals surface area contributed by atoms with E-state index in [-0.39, 0.29) is 12.4 Å². The number of carbonyl (C=O) groups excluding carboxylic acids is 1. The Kier molecular flexibility index (Phi) is 5.83. The number of methoxy groups -OCH3 is 1. The van der Waals surface area contributed by atoms with Crippen LogP contribution in [0.15, 0.2) is 65.3 Å². The van der Waals surface area contributed by atoms with Crippen LogP contribution in [-0.4, -0.2) is 18.1 Å². The molecule has 0 aliphatic heterocycles. The minimum atomic E-state index is -0.266. The van der Waals surface area contributed by atoms with Gasteiger partial charge >= 0.3 is 5.97 Å². The first-order valence-electron chi connectivity index (χ1n) is 8.19. The summed E-state index contributed by atoms with van der Waals surface area (Å²) < 4.78 is 15.8. The van der Waals surface area contributed by atoms with Crippen molar-refractivity contribution >= 4 is 18.1 Å². The molecule has 0 bridgehead atoms. The molecule has 3 rings (SSSR count). The highest BCUT2D eigenvalue weighted by atomic mass is 16.5. The second kappa shape index (κ2) is 8.67. The monoisotopic (exact) mass is 349 g/mol. The molecule has 2 aromatic carbocycles. The summed E-state index contributed by atoms with van der Waals surface area (Å²) in [4.78, 5) is 15.6. The van der Waals surface area contributed by atoms with Gasteiger partial charge in [0.25, 0.3) is 0 Å². The zero-order chi connectivity index (χ0) is 18.2. The maximum atomic E-state index is 11.2. The first-order valence-corrected chi connectivity index (χ1v) is 8.19. The summed E-state index contributed by atoms with van der Waals surface area (Å²) in [7, 11) is 1.38. The number of rotatable bonds is 7. The molecule has 3 aromatic rings. The van der Waals surface area contributed by atoms with E-state index in [9.17, 15) is 4.79 Å². The lowest BCUT2D eigenvalue weighted by Gasteiger charge is -2.05. The third kappa shape index (κ3) is 5.08. The lowest BCUT2D eigenvalue weighted by molar-refractivity contribution is -0.139. The Hall–Kier alpha value is -3.34. The molecule has 26 heavy (non-hydrogen) atoms. The van der Waals surface area contributed by atoms with E-state index in [4.69, 9.17) is 9.15 Å². The van der Waals surface area contributed by atoms with Crippen molar-refractivity contribution < 1.29 is 18.7 Å². The lowest BCUT2D eigenvalue weighted by Crippen LogP contribution is -2.04.